The number of anilines is 1. The van der Waals surface area contributed by atoms with E-state index in [2.05, 4.69) is 29.0 Å². The summed E-state index contributed by atoms with van der Waals surface area (Å²) >= 11 is 1.34. The minimum absolute atomic E-state index is 0.00308. The molecule has 0 saturated carbocycles. The SMILES string of the molecule is C=CCn1c(SCC(=O)Nc2ccc(CC)cc2)nnc1C1CCCN1C(=O)c1ccc(C)cc1. The molecule has 0 aliphatic carbocycles. The van der Waals surface area contributed by atoms with Crippen molar-refractivity contribution in [3.05, 3.63) is 83.7 Å². The highest BCUT2D eigenvalue weighted by Crippen LogP contribution is 2.34. The number of aryl methyl sites for hydroxylation is 2. The van der Waals surface area contributed by atoms with Gasteiger partial charge in [-0.2, -0.15) is 0 Å². The maximum Gasteiger partial charge on any atom is 0.254 e. The summed E-state index contributed by atoms with van der Waals surface area (Å²) in [5.41, 5.74) is 3.80. The second-order valence-corrected chi connectivity index (χ2v) is 9.59. The second kappa shape index (κ2) is 11.4. The summed E-state index contributed by atoms with van der Waals surface area (Å²) in [5, 5.41) is 12.4. The number of rotatable bonds is 9. The zero-order valence-corrected chi connectivity index (χ0v) is 21.1. The van der Waals surface area contributed by atoms with Crippen molar-refractivity contribution < 1.29 is 9.59 Å². The predicted octanol–water partition coefficient (Wildman–Crippen LogP) is 5.04. The molecule has 2 amide bonds. The Kier molecular flexibility index (Phi) is 8.02. The Morgan fingerprint density at radius 2 is 1.89 bits per heavy atom. The minimum atomic E-state index is -0.156. The van der Waals surface area contributed by atoms with Crippen molar-refractivity contribution in [1.82, 2.24) is 19.7 Å². The lowest BCUT2D eigenvalue weighted by molar-refractivity contribution is -0.113. The van der Waals surface area contributed by atoms with E-state index in [1.165, 1.54) is 17.3 Å². The number of benzene rings is 2. The van der Waals surface area contributed by atoms with Crippen LogP contribution in [0.1, 0.15) is 53.1 Å². The molecule has 1 aromatic heterocycles. The first-order valence-corrected chi connectivity index (χ1v) is 12.9. The van der Waals surface area contributed by atoms with E-state index in [0.717, 1.165) is 36.3 Å². The van der Waals surface area contributed by atoms with Crippen LogP contribution < -0.4 is 5.32 Å². The lowest BCUT2D eigenvalue weighted by Crippen LogP contribution is -2.32. The molecular weight excluding hydrogens is 458 g/mol. The van der Waals surface area contributed by atoms with Crippen LogP contribution in [0.25, 0.3) is 0 Å². The number of amides is 2. The second-order valence-electron chi connectivity index (χ2n) is 8.65. The summed E-state index contributed by atoms with van der Waals surface area (Å²) < 4.78 is 1.96. The average Bonchev–Trinajstić information content (AvgIpc) is 3.50. The summed E-state index contributed by atoms with van der Waals surface area (Å²) in [5.74, 6) is 0.844. The van der Waals surface area contributed by atoms with Gasteiger partial charge >= 0.3 is 0 Å². The van der Waals surface area contributed by atoms with Crippen molar-refractivity contribution in [1.29, 1.82) is 0 Å². The molecular formula is C27H31N5O2S. The van der Waals surface area contributed by atoms with Crippen molar-refractivity contribution in [2.75, 3.05) is 17.6 Å². The molecule has 35 heavy (non-hydrogen) atoms. The van der Waals surface area contributed by atoms with E-state index in [1.807, 2.05) is 64.9 Å². The molecule has 0 bridgehead atoms. The first-order chi connectivity index (χ1) is 17.0. The Morgan fingerprint density at radius 1 is 1.14 bits per heavy atom. The number of thioether (sulfide) groups is 1. The van der Waals surface area contributed by atoms with Crippen LogP contribution >= 0.6 is 11.8 Å². The Hall–Kier alpha value is -3.39. The largest absolute Gasteiger partial charge is 0.328 e. The summed E-state index contributed by atoms with van der Waals surface area (Å²) in [4.78, 5) is 27.7. The topological polar surface area (TPSA) is 80.1 Å². The molecule has 1 saturated heterocycles. The first-order valence-electron chi connectivity index (χ1n) is 11.9. The molecule has 8 heteroatoms. The summed E-state index contributed by atoms with van der Waals surface area (Å²) in [6, 6.07) is 15.4. The van der Waals surface area contributed by atoms with E-state index in [4.69, 9.17) is 0 Å². The Balaban J connectivity index is 1.46. The van der Waals surface area contributed by atoms with Crippen molar-refractivity contribution >= 4 is 29.3 Å². The van der Waals surface area contributed by atoms with Crippen molar-refractivity contribution in [2.45, 2.75) is 50.9 Å². The van der Waals surface area contributed by atoms with Crippen molar-refractivity contribution in [3.63, 3.8) is 0 Å². The van der Waals surface area contributed by atoms with Gasteiger partial charge in [-0.05, 0) is 56.0 Å². The van der Waals surface area contributed by atoms with Crippen LogP contribution in [0.15, 0.2) is 66.3 Å². The van der Waals surface area contributed by atoms with Gasteiger partial charge in [0.25, 0.3) is 5.91 Å². The molecule has 1 fully saturated rings. The number of aromatic nitrogens is 3. The average molecular weight is 490 g/mol. The van der Waals surface area contributed by atoms with Gasteiger partial charge < -0.3 is 14.8 Å². The number of hydrogen-bond donors (Lipinski definition) is 1. The van der Waals surface area contributed by atoms with Crippen LogP contribution in [0, 0.1) is 6.92 Å². The number of nitrogens with zero attached hydrogens (tertiary/aromatic N) is 4. The van der Waals surface area contributed by atoms with Gasteiger partial charge in [0.2, 0.25) is 5.91 Å². The van der Waals surface area contributed by atoms with Crippen molar-refractivity contribution in [2.24, 2.45) is 0 Å². The number of likely N-dealkylation sites (tertiary alicyclic amines) is 1. The predicted molar refractivity (Wildman–Crippen MR) is 140 cm³/mol. The maximum absolute atomic E-state index is 13.2. The highest BCUT2D eigenvalue weighted by Gasteiger charge is 2.34. The molecule has 1 aliphatic heterocycles. The zero-order valence-electron chi connectivity index (χ0n) is 20.2. The van der Waals surface area contributed by atoms with Crippen LogP contribution in [-0.4, -0.2) is 43.8 Å². The van der Waals surface area contributed by atoms with E-state index >= 15 is 0 Å². The van der Waals surface area contributed by atoms with Gasteiger partial charge in [-0.25, -0.2) is 0 Å². The summed E-state index contributed by atoms with van der Waals surface area (Å²) in [7, 11) is 0. The molecule has 7 nitrogen and oxygen atoms in total. The highest BCUT2D eigenvalue weighted by atomic mass is 32.2. The van der Waals surface area contributed by atoms with Crippen LogP contribution in [0.2, 0.25) is 0 Å². The van der Waals surface area contributed by atoms with Crippen LogP contribution in [0.3, 0.4) is 0 Å². The molecule has 0 spiro atoms. The normalized spacial score (nSPS) is 15.3. The number of carbonyl (C=O) groups is 2. The smallest absolute Gasteiger partial charge is 0.254 e. The van der Waals surface area contributed by atoms with E-state index in [-0.39, 0.29) is 23.6 Å². The van der Waals surface area contributed by atoms with Crippen LogP contribution in [-0.2, 0) is 17.8 Å². The summed E-state index contributed by atoms with van der Waals surface area (Å²) in [6.07, 6.45) is 4.48. The fourth-order valence-electron chi connectivity index (χ4n) is 4.25. The van der Waals surface area contributed by atoms with Gasteiger partial charge in [0.15, 0.2) is 11.0 Å². The number of allylic oxidation sites excluding steroid dienone is 1. The van der Waals surface area contributed by atoms with E-state index in [9.17, 15) is 9.59 Å². The molecule has 0 radical (unpaired) electrons. The fraction of sp³-hybridized carbons (Fsp3) is 0.333. The monoisotopic (exact) mass is 489 g/mol. The Labute approximate surface area is 210 Å². The Bertz CT molecular complexity index is 1190. The van der Waals surface area contributed by atoms with Gasteiger partial charge in [-0.15, -0.1) is 16.8 Å². The number of hydrogen-bond acceptors (Lipinski definition) is 5. The molecule has 4 rings (SSSR count). The van der Waals surface area contributed by atoms with E-state index in [1.54, 1.807) is 6.08 Å². The summed E-state index contributed by atoms with van der Waals surface area (Å²) in [6.45, 7) is 9.17. The lowest BCUT2D eigenvalue weighted by Gasteiger charge is -2.24. The molecule has 1 aliphatic rings. The van der Waals surface area contributed by atoms with Crippen molar-refractivity contribution in [3.8, 4) is 0 Å². The third-order valence-corrected chi connectivity index (χ3v) is 7.11. The zero-order chi connectivity index (χ0) is 24.8. The van der Waals surface area contributed by atoms with Gasteiger partial charge in [-0.3, -0.25) is 9.59 Å². The molecule has 2 heterocycles. The van der Waals surface area contributed by atoms with E-state index < -0.39 is 0 Å². The molecule has 2 aromatic carbocycles. The number of carbonyl (C=O) groups excluding carboxylic acids is 2. The van der Waals surface area contributed by atoms with Gasteiger partial charge in [0.1, 0.15) is 0 Å². The molecule has 1 unspecified atom stereocenters. The first kappa shape index (κ1) is 24.7. The van der Waals surface area contributed by atoms with Gasteiger partial charge in [0, 0.05) is 24.3 Å². The van der Waals surface area contributed by atoms with Crippen LogP contribution in [0.5, 0.6) is 0 Å². The minimum Gasteiger partial charge on any atom is -0.328 e. The highest BCUT2D eigenvalue weighted by molar-refractivity contribution is 7.99. The third kappa shape index (κ3) is 5.82. The molecule has 3 aromatic rings. The number of nitrogens with one attached hydrogen (secondary N) is 1. The standard InChI is InChI=1S/C27H31N5O2S/c1-4-16-32-25(23-7-6-17-31(23)26(34)21-12-8-19(3)9-13-21)29-30-27(32)35-18-24(33)28-22-14-10-20(5-2)11-15-22/h4,8-15,23H,1,5-7,16-18H2,2-3H3,(H,28,33). The van der Waals surface area contributed by atoms with E-state index in [0.29, 0.717) is 23.8 Å². The molecule has 1 atom stereocenters. The quantitative estimate of drug-likeness (QED) is 0.336. The molecule has 182 valence electrons. The lowest BCUT2D eigenvalue weighted by atomic mass is 10.1. The Morgan fingerprint density at radius 3 is 2.57 bits per heavy atom. The third-order valence-electron chi connectivity index (χ3n) is 6.15. The van der Waals surface area contributed by atoms with Crippen LogP contribution in [0.4, 0.5) is 5.69 Å². The van der Waals surface area contributed by atoms with Gasteiger partial charge in [-0.1, -0.05) is 54.6 Å². The van der Waals surface area contributed by atoms with Gasteiger partial charge in [0.05, 0.1) is 11.8 Å². The maximum atomic E-state index is 13.2. The molecule has 1 N–H and O–H groups in total. The fourth-order valence-corrected chi connectivity index (χ4v) is 5.00.